The van der Waals surface area contributed by atoms with Crippen LogP contribution < -0.4 is 5.32 Å². The number of aromatic nitrogens is 1. The van der Waals surface area contributed by atoms with Gasteiger partial charge in [-0.2, -0.15) is 5.26 Å². The first-order chi connectivity index (χ1) is 10.3. The summed E-state index contributed by atoms with van der Waals surface area (Å²) in [4.78, 5) is 0. The van der Waals surface area contributed by atoms with Crippen LogP contribution in [0.2, 0.25) is 0 Å². The van der Waals surface area contributed by atoms with E-state index in [4.69, 9.17) is 5.26 Å². The molecule has 0 aliphatic carbocycles. The summed E-state index contributed by atoms with van der Waals surface area (Å²) in [5.41, 5.74) is 2.96. The van der Waals surface area contributed by atoms with Crippen molar-refractivity contribution in [1.82, 2.24) is 4.57 Å². The van der Waals surface area contributed by atoms with Crippen molar-refractivity contribution in [2.45, 2.75) is 6.54 Å². The number of hydrogen-bond donors (Lipinski definition) is 1. The van der Waals surface area contributed by atoms with Crippen LogP contribution >= 0.6 is 15.9 Å². The fourth-order valence-electron chi connectivity index (χ4n) is 2.38. The minimum absolute atomic E-state index is 0.701. The van der Waals surface area contributed by atoms with Crippen molar-refractivity contribution in [3.63, 3.8) is 0 Å². The smallest absolute Gasteiger partial charge is 0.0991 e. The van der Waals surface area contributed by atoms with Gasteiger partial charge in [0, 0.05) is 40.3 Å². The maximum atomic E-state index is 8.92. The largest absolute Gasteiger partial charge is 0.383 e. The van der Waals surface area contributed by atoms with E-state index in [0.717, 1.165) is 34.2 Å². The molecule has 21 heavy (non-hydrogen) atoms. The third-order valence-corrected chi connectivity index (χ3v) is 3.90. The van der Waals surface area contributed by atoms with Gasteiger partial charge in [-0.1, -0.05) is 22.0 Å². The Labute approximate surface area is 131 Å². The summed E-state index contributed by atoms with van der Waals surface area (Å²) < 4.78 is 3.27. The summed E-state index contributed by atoms with van der Waals surface area (Å²) >= 11 is 3.47. The lowest BCUT2D eigenvalue weighted by molar-refractivity contribution is 0.757. The number of benzene rings is 2. The molecule has 4 heteroatoms. The molecule has 0 unspecified atom stereocenters. The van der Waals surface area contributed by atoms with E-state index in [1.807, 2.05) is 30.3 Å². The van der Waals surface area contributed by atoms with Gasteiger partial charge in [-0.3, -0.25) is 0 Å². The quantitative estimate of drug-likeness (QED) is 0.765. The minimum Gasteiger partial charge on any atom is -0.383 e. The van der Waals surface area contributed by atoms with E-state index in [0.29, 0.717) is 5.56 Å². The lowest BCUT2D eigenvalue weighted by Gasteiger charge is -2.09. The van der Waals surface area contributed by atoms with Crippen LogP contribution in [-0.4, -0.2) is 11.1 Å². The molecule has 104 valence electrons. The van der Waals surface area contributed by atoms with E-state index in [1.165, 1.54) is 0 Å². The van der Waals surface area contributed by atoms with Crippen molar-refractivity contribution in [3.05, 3.63) is 64.8 Å². The number of halogens is 1. The number of nitrogens with one attached hydrogen (secondary N) is 1. The van der Waals surface area contributed by atoms with Crippen LogP contribution in [0.3, 0.4) is 0 Å². The second-order valence-electron chi connectivity index (χ2n) is 4.83. The van der Waals surface area contributed by atoms with Crippen LogP contribution in [0.4, 0.5) is 5.69 Å². The number of anilines is 1. The van der Waals surface area contributed by atoms with Gasteiger partial charge in [0.25, 0.3) is 0 Å². The molecule has 3 aromatic rings. The SMILES string of the molecule is N#Cc1ccc2c(ccn2CCNc2cccc(Br)c2)c1. The molecule has 0 atom stereocenters. The maximum absolute atomic E-state index is 8.92. The van der Waals surface area contributed by atoms with E-state index in [2.05, 4.69) is 56.3 Å². The van der Waals surface area contributed by atoms with Gasteiger partial charge in [0.1, 0.15) is 0 Å². The van der Waals surface area contributed by atoms with E-state index in [9.17, 15) is 0 Å². The zero-order valence-electron chi connectivity index (χ0n) is 11.4. The Bertz CT molecular complexity index is 814. The number of fused-ring (bicyclic) bond motifs is 1. The molecule has 0 fully saturated rings. The van der Waals surface area contributed by atoms with Gasteiger partial charge >= 0.3 is 0 Å². The summed E-state index contributed by atoms with van der Waals surface area (Å²) in [6, 6.07) is 18.2. The average Bonchev–Trinajstić information content (AvgIpc) is 2.90. The molecular formula is C17H14BrN3. The number of nitriles is 1. The van der Waals surface area contributed by atoms with E-state index in [-0.39, 0.29) is 0 Å². The molecule has 0 radical (unpaired) electrons. The fourth-order valence-corrected chi connectivity index (χ4v) is 2.78. The Hall–Kier alpha value is -2.25. The second-order valence-corrected chi connectivity index (χ2v) is 5.75. The van der Waals surface area contributed by atoms with Crippen LogP contribution in [0.15, 0.2) is 59.2 Å². The Kier molecular flexibility index (Phi) is 3.94. The van der Waals surface area contributed by atoms with Crippen molar-refractivity contribution < 1.29 is 0 Å². The van der Waals surface area contributed by atoms with Crippen molar-refractivity contribution >= 4 is 32.5 Å². The third-order valence-electron chi connectivity index (χ3n) is 3.41. The van der Waals surface area contributed by atoms with Crippen molar-refractivity contribution in [3.8, 4) is 6.07 Å². The van der Waals surface area contributed by atoms with Gasteiger partial charge in [-0.05, 0) is 42.5 Å². The predicted octanol–water partition coefficient (Wildman–Crippen LogP) is 4.39. The van der Waals surface area contributed by atoms with E-state index >= 15 is 0 Å². The molecular weight excluding hydrogens is 326 g/mol. The van der Waals surface area contributed by atoms with Crippen molar-refractivity contribution in [2.75, 3.05) is 11.9 Å². The standard InChI is InChI=1S/C17H14BrN3/c18-15-2-1-3-16(11-15)20-7-9-21-8-6-14-10-13(12-19)4-5-17(14)21/h1-6,8,10-11,20H,7,9H2. The molecule has 0 amide bonds. The topological polar surface area (TPSA) is 40.8 Å². The average molecular weight is 340 g/mol. The summed E-state index contributed by atoms with van der Waals surface area (Å²) in [5.74, 6) is 0. The minimum atomic E-state index is 0.701. The Morgan fingerprint density at radius 3 is 2.86 bits per heavy atom. The molecule has 0 aliphatic heterocycles. The summed E-state index contributed by atoms with van der Waals surface area (Å²) in [6.07, 6.45) is 2.06. The van der Waals surface area contributed by atoms with Gasteiger partial charge in [-0.25, -0.2) is 0 Å². The van der Waals surface area contributed by atoms with Crippen LogP contribution in [-0.2, 0) is 6.54 Å². The highest BCUT2D eigenvalue weighted by molar-refractivity contribution is 9.10. The third kappa shape index (κ3) is 3.09. The van der Waals surface area contributed by atoms with Crippen molar-refractivity contribution in [1.29, 1.82) is 5.26 Å². The predicted molar refractivity (Wildman–Crippen MR) is 89.3 cm³/mol. The van der Waals surface area contributed by atoms with Gasteiger partial charge in [0.2, 0.25) is 0 Å². The second kappa shape index (κ2) is 6.02. The lowest BCUT2D eigenvalue weighted by atomic mass is 10.2. The Morgan fingerprint density at radius 1 is 1.14 bits per heavy atom. The van der Waals surface area contributed by atoms with Gasteiger partial charge in [0.15, 0.2) is 0 Å². The fraction of sp³-hybridized carbons (Fsp3) is 0.118. The molecule has 2 aromatic carbocycles. The lowest BCUT2D eigenvalue weighted by Crippen LogP contribution is -2.09. The van der Waals surface area contributed by atoms with Crippen LogP contribution in [0, 0.1) is 11.3 Å². The Balaban J connectivity index is 1.70. The normalized spacial score (nSPS) is 10.5. The highest BCUT2D eigenvalue weighted by Gasteiger charge is 2.02. The van der Waals surface area contributed by atoms with E-state index < -0.39 is 0 Å². The molecule has 0 saturated carbocycles. The van der Waals surface area contributed by atoms with Gasteiger partial charge in [0.05, 0.1) is 11.6 Å². The molecule has 1 aromatic heterocycles. The van der Waals surface area contributed by atoms with Gasteiger partial charge < -0.3 is 9.88 Å². The highest BCUT2D eigenvalue weighted by atomic mass is 79.9. The molecule has 0 aliphatic rings. The van der Waals surface area contributed by atoms with Crippen LogP contribution in [0.1, 0.15) is 5.56 Å². The summed E-state index contributed by atoms with van der Waals surface area (Å²) in [5, 5.41) is 13.4. The van der Waals surface area contributed by atoms with Gasteiger partial charge in [-0.15, -0.1) is 0 Å². The van der Waals surface area contributed by atoms with Crippen LogP contribution in [0.25, 0.3) is 10.9 Å². The molecule has 1 N–H and O–H groups in total. The van der Waals surface area contributed by atoms with Crippen LogP contribution in [0.5, 0.6) is 0 Å². The number of nitrogens with zero attached hydrogens (tertiary/aromatic N) is 2. The molecule has 3 rings (SSSR count). The number of rotatable bonds is 4. The van der Waals surface area contributed by atoms with E-state index in [1.54, 1.807) is 0 Å². The first-order valence-electron chi connectivity index (χ1n) is 6.75. The molecule has 0 saturated heterocycles. The zero-order chi connectivity index (χ0) is 14.7. The first kappa shape index (κ1) is 13.7. The summed E-state index contributed by atoms with van der Waals surface area (Å²) in [6.45, 7) is 1.72. The molecule has 3 nitrogen and oxygen atoms in total. The monoisotopic (exact) mass is 339 g/mol. The maximum Gasteiger partial charge on any atom is 0.0991 e. The molecule has 0 spiro atoms. The number of hydrogen-bond acceptors (Lipinski definition) is 2. The summed E-state index contributed by atoms with van der Waals surface area (Å²) in [7, 11) is 0. The highest BCUT2D eigenvalue weighted by Crippen LogP contribution is 2.18. The Morgan fingerprint density at radius 2 is 2.05 bits per heavy atom. The van der Waals surface area contributed by atoms with Crippen molar-refractivity contribution in [2.24, 2.45) is 0 Å². The first-order valence-corrected chi connectivity index (χ1v) is 7.54. The zero-order valence-corrected chi connectivity index (χ0v) is 13.0. The molecule has 0 bridgehead atoms. The molecule has 1 heterocycles.